The lowest BCUT2D eigenvalue weighted by atomic mass is 10.1. The molecular formula is C11H12OS2. The Kier molecular flexibility index (Phi) is 2.70. The summed E-state index contributed by atoms with van der Waals surface area (Å²) in [5.41, 5.74) is 1.20. The molecule has 0 saturated carbocycles. The van der Waals surface area contributed by atoms with E-state index in [4.69, 9.17) is 0 Å². The van der Waals surface area contributed by atoms with Crippen LogP contribution < -0.4 is 0 Å². The maximum absolute atomic E-state index is 9.79. The number of phenolic OH excluding ortho intramolecular Hbond substituents is 1. The zero-order valence-corrected chi connectivity index (χ0v) is 9.84. The fraction of sp³-hybridized carbons (Fsp3) is 0.273. The van der Waals surface area contributed by atoms with Crippen LogP contribution in [0.15, 0.2) is 22.4 Å². The van der Waals surface area contributed by atoms with Gasteiger partial charge in [-0.15, -0.1) is 23.1 Å². The van der Waals surface area contributed by atoms with Crippen LogP contribution in [0, 0.1) is 0 Å². The molecule has 0 aliphatic carbocycles. The molecular weight excluding hydrogens is 212 g/mol. The van der Waals surface area contributed by atoms with Crippen molar-refractivity contribution in [1.82, 2.24) is 0 Å². The minimum atomic E-state index is 0.413. The normalized spacial score (nSPS) is 11.0. The first kappa shape index (κ1) is 9.87. The number of hydrogen-bond acceptors (Lipinski definition) is 3. The van der Waals surface area contributed by atoms with Crippen LogP contribution in [0.25, 0.3) is 10.1 Å². The van der Waals surface area contributed by atoms with Gasteiger partial charge in [0.2, 0.25) is 0 Å². The van der Waals surface area contributed by atoms with Crippen molar-refractivity contribution in [2.75, 3.05) is 6.26 Å². The van der Waals surface area contributed by atoms with Crippen LogP contribution in [-0.2, 0) is 6.42 Å². The molecule has 2 aromatic rings. The second-order valence-electron chi connectivity index (χ2n) is 3.15. The zero-order valence-electron chi connectivity index (χ0n) is 8.20. The molecule has 3 heteroatoms. The first-order chi connectivity index (χ1) is 6.74. The van der Waals surface area contributed by atoms with Gasteiger partial charge >= 0.3 is 0 Å². The number of rotatable bonds is 2. The second kappa shape index (κ2) is 3.83. The first-order valence-electron chi connectivity index (χ1n) is 4.54. The maximum Gasteiger partial charge on any atom is 0.124 e. The van der Waals surface area contributed by atoms with E-state index in [9.17, 15) is 5.11 Å². The van der Waals surface area contributed by atoms with Gasteiger partial charge in [0.1, 0.15) is 5.75 Å². The third kappa shape index (κ3) is 1.62. The molecule has 14 heavy (non-hydrogen) atoms. The average molecular weight is 224 g/mol. The van der Waals surface area contributed by atoms with Crippen molar-refractivity contribution in [1.29, 1.82) is 0 Å². The van der Waals surface area contributed by atoms with Crippen molar-refractivity contribution >= 4 is 33.2 Å². The van der Waals surface area contributed by atoms with E-state index in [-0.39, 0.29) is 0 Å². The molecule has 0 saturated heterocycles. The summed E-state index contributed by atoms with van der Waals surface area (Å²) >= 11 is 3.47. The Morgan fingerprint density at radius 3 is 2.79 bits per heavy atom. The predicted molar refractivity (Wildman–Crippen MR) is 64.6 cm³/mol. The Morgan fingerprint density at radius 2 is 2.14 bits per heavy atom. The van der Waals surface area contributed by atoms with Crippen LogP contribution in [0.3, 0.4) is 0 Å². The summed E-state index contributed by atoms with van der Waals surface area (Å²) in [5.74, 6) is 0.413. The van der Waals surface area contributed by atoms with Crippen LogP contribution in [-0.4, -0.2) is 11.4 Å². The Hall–Kier alpha value is -0.670. The number of fused-ring (bicyclic) bond motifs is 1. The van der Waals surface area contributed by atoms with E-state index in [1.165, 1.54) is 14.5 Å². The number of phenols is 1. The highest BCUT2D eigenvalue weighted by atomic mass is 32.2. The maximum atomic E-state index is 9.79. The van der Waals surface area contributed by atoms with Crippen molar-refractivity contribution < 1.29 is 5.11 Å². The van der Waals surface area contributed by atoms with Gasteiger partial charge in [0, 0.05) is 10.1 Å². The first-order valence-corrected chi connectivity index (χ1v) is 6.58. The molecule has 0 aliphatic heterocycles. The monoisotopic (exact) mass is 224 g/mol. The van der Waals surface area contributed by atoms with E-state index in [1.54, 1.807) is 23.1 Å². The van der Waals surface area contributed by atoms with E-state index in [2.05, 4.69) is 25.3 Å². The fourth-order valence-corrected chi connectivity index (χ4v) is 3.17. The molecule has 2 rings (SSSR count). The third-order valence-electron chi connectivity index (χ3n) is 2.26. The number of thioether (sulfide) groups is 1. The minimum Gasteiger partial charge on any atom is -0.507 e. The number of aryl methyl sites for hydroxylation is 1. The van der Waals surface area contributed by atoms with E-state index in [1.807, 2.05) is 6.07 Å². The highest BCUT2D eigenvalue weighted by molar-refractivity contribution is 8.00. The number of thiophene rings is 1. The molecule has 1 heterocycles. The van der Waals surface area contributed by atoms with Gasteiger partial charge in [0.05, 0.1) is 4.21 Å². The fourth-order valence-electron chi connectivity index (χ4n) is 1.46. The van der Waals surface area contributed by atoms with E-state index in [0.717, 1.165) is 11.8 Å². The van der Waals surface area contributed by atoms with Crippen LogP contribution in [0.4, 0.5) is 0 Å². The smallest absolute Gasteiger partial charge is 0.124 e. The van der Waals surface area contributed by atoms with Crippen LogP contribution in [0.5, 0.6) is 5.75 Å². The van der Waals surface area contributed by atoms with Gasteiger partial charge in [-0.05, 0) is 36.4 Å². The van der Waals surface area contributed by atoms with Crippen molar-refractivity contribution in [3.8, 4) is 5.75 Å². The summed E-state index contributed by atoms with van der Waals surface area (Å²) in [6.07, 6.45) is 3.03. The summed E-state index contributed by atoms with van der Waals surface area (Å²) in [5, 5.41) is 10.8. The topological polar surface area (TPSA) is 20.2 Å². The van der Waals surface area contributed by atoms with Gasteiger partial charge < -0.3 is 5.11 Å². The Labute approximate surface area is 91.8 Å². The number of aromatic hydroxyl groups is 1. The molecule has 0 bridgehead atoms. The highest BCUT2D eigenvalue weighted by Crippen LogP contribution is 2.37. The molecule has 0 atom stereocenters. The molecule has 0 unspecified atom stereocenters. The molecule has 1 nitrogen and oxygen atoms in total. The minimum absolute atomic E-state index is 0.413. The molecule has 0 aliphatic rings. The lowest BCUT2D eigenvalue weighted by Crippen LogP contribution is -1.78. The molecule has 0 amide bonds. The lowest BCUT2D eigenvalue weighted by Gasteiger charge is -1.99. The summed E-state index contributed by atoms with van der Waals surface area (Å²) in [4.78, 5) is 0. The van der Waals surface area contributed by atoms with Crippen molar-refractivity contribution in [3.63, 3.8) is 0 Å². The van der Waals surface area contributed by atoms with E-state index < -0.39 is 0 Å². The van der Waals surface area contributed by atoms with Crippen molar-refractivity contribution in [2.45, 2.75) is 17.6 Å². The van der Waals surface area contributed by atoms with Crippen molar-refractivity contribution in [3.05, 3.63) is 23.8 Å². The number of benzene rings is 1. The number of hydrogen-bond donors (Lipinski definition) is 1. The summed E-state index contributed by atoms with van der Waals surface area (Å²) < 4.78 is 2.44. The van der Waals surface area contributed by atoms with Crippen LogP contribution in [0.1, 0.15) is 12.5 Å². The Bertz CT molecular complexity index is 460. The van der Waals surface area contributed by atoms with Gasteiger partial charge in [0.15, 0.2) is 0 Å². The van der Waals surface area contributed by atoms with Gasteiger partial charge in [-0.25, -0.2) is 0 Å². The molecule has 0 spiro atoms. The summed E-state index contributed by atoms with van der Waals surface area (Å²) in [6, 6.07) is 6.08. The largest absolute Gasteiger partial charge is 0.507 e. The zero-order chi connectivity index (χ0) is 10.1. The van der Waals surface area contributed by atoms with Crippen LogP contribution >= 0.6 is 23.1 Å². The SMILES string of the molecule is CCc1cc(O)c2cc(SC)sc2c1. The third-order valence-corrected chi connectivity index (χ3v) is 4.41. The highest BCUT2D eigenvalue weighted by Gasteiger charge is 2.06. The average Bonchev–Trinajstić information content (AvgIpc) is 2.61. The van der Waals surface area contributed by atoms with E-state index >= 15 is 0 Å². The second-order valence-corrected chi connectivity index (χ2v) is 5.34. The summed E-state index contributed by atoms with van der Waals surface area (Å²) in [7, 11) is 0. The lowest BCUT2D eigenvalue weighted by molar-refractivity contribution is 0.481. The Morgan fingerprint density at radius 1 is 1.36 bits per heavy atom. The molecule has 1 aromatic carbocycles. The van der Waals surface area contributed by atoms with E-state index in [0.29, 0.717) is 5.75 Å². The molecule has 74 valence electrons. The standard InChI is InChI=1S/C11H12OS2/c1-3-7-4-9(12)8-6-11(13-2)14-10(8)5-7/h4-6,12H,3H2,1-2H3. The van der Waals surface area contributed by atoms with Crippen molar-refractivity contribution in [2.24, 2.45) is 0 Å². The van der Waals surface area contributed by atoms with Gasteiger partial charge in [-0.3, -0.25) is 0 Å². The van der Waals surface area contributed by atoms with Gasteiger partial charge in [-0.1, -0.05) is 6.92 Å². The molecule has 1 aromatic heterocycles. The Balaban J connectivity index is 2.67. The molecule has 1 N–H and O–H groups in total. The predicted octanol–water partition coefficient (Wildman–Crippen LogP) is 3.89. The van der Waals surface area contributed by atoms with Gasteiger partial charge in [0.25, 0.3) is 0 Å². The quantitative estimate of drug-likeness (QED) is 0.781. The molecule has 0 fully saturated rings. The van der Waals surface area contributed by atoms with Crippen LogP contribution in [0.2, 0.25) is 0 Å². The molecule has 0 radical (unpaired) electrons. The van der Waals surface area contributed by atoms with Gasteiger partial charge in [-0.2, -0.15) is 0 Å². The summed E-state index contributed by atoms with van der Waals surface area (Å²) in [6.45, 7) is 2.10.